The Kier molecular flexibility index (Phi) is 13.9. The van der Waals surface area contributed by atoms with Crippen LogP contribution in [0.15, 0.2) is 42.5 Å². The summed E-state index contributed by atoms with van der Waals surface area (Å²) < 4.78 is 5.13. The molecule has 0 aliphatic rings. The van der Waals surface area contributed by atoms with Crippen molar-refractivity contribution in [1.29, 1.82) is 0 Å². The van der Waals surface area contributed by atoms with Crippen LogP contribution < -0.4 is 10.6 Å². The van der Waals surface area contributed by atoms with Crippen molar-refractivity contribution in [3.63, 3.8) is 0 Å². The van der Waals surface area contributed by atoms with Crippen LogP contribution in [0.4, 0.5) is 4.79 Å². The van der Waals surface area contributed by atoms with E-state index in [0.717, 1.165) is 16.3 Å². The molecular formula is C28H44N2O4. The standard InChI is InChI=1S/C18H21NO4.C10H23N/c1-18(2,3)23-17(22)19-15(16(20)21)11-13-9-6-8-12-7-4-5-10-14(12)13;1-3-5-7-9-11-10-8-6-4-2/h4-10,15H,11H2,1-3H3,(H,19,22)(H,20,21);11H,3-10H2,1-2H3/t15-;/m1./s1. The number of hydrogen-bond donors (Lipinski definition) is 3. The minimum Gasteiger partial charge on any atom is -0.480 e. The topological polar surface area (TPSA) is 87.7 Å². The highest BCUT2D eigenvalue weighted by atomic mass is 16.6. The van der Waals surface area contributed by atoms with Crippen LogP contribution in [-0.4, -0.2) is 41.9 Å². The van der Waals surface area contributed by atoms with E-state index in [2.05, 4.69) is 24.5 Å². The van der Waals surface area contributed by atoms with Gasteiger partial charge < -0.3 is 20.5 Å². The Morgan fingerprint density at radius 1 is 0.912 bits per heavy atom. The van der Waals surface area contributed by atoms with Crippen molar-refractivity contribution in [2.24, 2.45) is 0 Å². The van der Waals surface area contributed by atoms with E-state index in [9.17, 15) is 14.7 Å². The summed E-state index contributed by atoms with van der Waals surface area (Å²) >= 11 is 0. The Balaban J connectivity index is 0.000000445. The predicted molar refractivity (Wildman–Crippen MR) is 140 cm³/mol. The first-order valence-electron chi connectivity index (χ1n) is 12.6. The van der Waals surface area contributed by atoms with E-state index in [4.69, 9.17) is 4.74 Å². The number of fused-ring (bicyclic) bond motifs is 1. The molecule has 6 heteroatoms. The predicted octanol–water partition coefficient (Wildman–Crippen LogP) is 6.32. The number of carbonyl (C=O) groups excluding carboxylic acids is 1. The van der Waals surface area contributed by atoms with E-state index in [1.807, 2.05) is 42.5 Å². The van der Waals surface area contributed by atoms with E-state index in [1.165, 1.54) is 51.6 Å². The van der Waals surface area contributed by atoms with E-state index < -0.39 is 23.7 Å². The average Bonchev–Trinajstić information content (AvgIpc) is 2.77. The summed E-state index contributed by atoms with van der Waals surface area (Å²) in [5.74, 6) is -1.09. The smallest absolute Gasteiger partial charge is 0.408 e. The molecule has 1 amide bonds. The number of ether oxygens (including phenoxy) is 1. The SMILES string of the molecule is CC(C)(C)OC(=O)N[C@H](Cc1cccc2ccccc12)C(=O)O.CCCCCNCCCCC. The maximum absolute atomic E-state index is 11.8. The summed E-state index contributed by atoms with van der Waals surface area (Å²) in [5.41, 5.74) is 0.193. The number of nitrogens with one attached hydrogen (secondary N) is 2. The molecule has 1 atom stereocenters. The summed E-state index contributed by atoms with van der Waals surface area (Å²) in [5, 5.41) is 17.3. The summed E-state index contributed by atoms with van der Waals surface area (Å²) in [4.78, 5) is 23.3. The second-order valence-electron chi connectivity index (χ2n) is 9.54. The lowest BCUT2D eigenvalue weighted by Gasteiger charge is -2.22. The van der Waals surface area contributed by atoms with Gasteiger partial charge in [-0.05, 0) is 63.0 Å². The summed E-state index contributed by atoms with van der Waals surface area (Å²) in [6.45, 7) is 12.1. The van der Waals surface area contributed by atoms with E-state index in [-0.39, 0.29) is 6.42 Å². The van der Waals surface area contributed by atoms with Gasteiger partial charge in [-0.25, -0.2) is 9.59 Å². The normalized spacial score (nSPS) is 11.9. The fraction of sp³-hybridized carbons (Fsp3) is 0.571. The first-order chi connectivity index (χ1) is 16.2. The zero-order valence-electron chi connectivity index (χ0n) is 21.7. The van der Waals surface area contributed by atoms with Gasteiger partial charge in [0.2, 0.25) is 0 Å². The molecule has 6 nitrogen and oxygen atoms in total. The minimum atomic E-state index is -1.09. The molecule has 0 aliphatic heterocycles. The quantitative estimate of drug-likeness (QED) is 0.315. The number of alkyl carbamates (subject to hydrolysis) is 1. The van der Waals surface area contributed by atoms with Crippen LogP contribution in [-0.2, 0) is 16.0 Å². The van der Waals surface area contributed by atoms with Gasteiger partial charge in [0.25, 0.3) is 0 Å². The maximum Gasteiger partial charge on any atom is 0.408 e. The van der Waals surface area contributed by atoms with Crippen molar-refractivity contribution < 1.29 is 19.4 Å². The Hall–Kier alpha value is -2.60. The molecule has 0 unspecified atom stereocenters. The lowest BCUT2D eigenvalue weighted by Crippen LogP contribution is -2.44. The number of hydrogen-bond acceptors (Lipinski definition) is 4. The van der Waals surface area contributed by atoms with Crippen molar-refractivity contribution in [1.82, 2.24) is 10.6 Å². The van der Waals surface area contributed by atoms with Crippen LogP contribution in [0.5, 0.6) is 0 Å². The number of carboxylic acid groups (broad SMARTS) is 1. The highest BCUT2D eigenvalue weighted by molar-refractivity contribution is 5.87. The lowest BCUT2D eigenvalue weighted by molar-refractivity contribution is -0.139. The molecule has 0 saturated heterocycles. The van der Waals surface area contributed by atoms with Gasteiger partial charge in [-0.15, -0.1) is 0 Å². The fourth-order valence-electron chi connectivity index (χ4n) is 3.47. The second kappa shape index (κ2) is 16.1. The third-order valence-electron chi connectivity index (χ3n) is 5.21. The summed E-state index contributed by atoms with van der Waals surface area (Å²) in [7, 11) is 0. The molecule has 2 rings (SSSR count). The van der Waals surface area contributed by atoms with Crippen LogP contribution in [0.25, 0.3) is 10.8 Å². The van der Waals surface area contributed by atoms with Crippen LogP contribution in [0.2, 0.25) is 0 Å². The molecule has 2 aromatic rings. The summed E-state index contributed by atoms with van der Waals surface area (Å²) in [6, 6.07) is 12.4. The number of carboxylic acids is 1. The first kappa shape index (κ1) is 29.4. The second-order valence-corrected chi connectivity index (χ2v) is 9.54. The number of rotatable bonds is 12. The Morgan fingerprint density at radius 3 is 2.06 bits per heavy atom. The van der Waals surface area contributed by atoms with Gasteiger partial charge in [-0.3, -0.25) is 0 Å². The highest BCUT2D eigenvalue weighted by Crippen LogP contribution is 2.20. The molecule has 0 radical (unpaired) electrons. The molecule has 3 N–H and O–H groups in total. The van der Waals surface area contributed by atoms with Crippen molar-refractivity contribution >= 4 is 22.8 Å². The Labute approximate surface area is 205 Å². The molecule has 0 saturated carbocycles. The van der Waals surface area contributed by atoms with Crippen molar-refractivity contribution in [3.8, 4) is 0 Å². The molecule has 34 heavy (non-hydrogen) atoms. The van der Waals surface area contributed by atoms with Crippen LogP contribution >= 0.6 is 0 Å². The minimum absolute atomic E-state index is 0.190. The molecule has 0 spiro atoms. The molecule has 0 bridgehead atoms. The molecule has 0 aromatic heterocycles. The fourth-order valence-corrected chi connectivity index (χ4v) is 3.47. The van der Waals surface area contributed by atoms with Gasteiger partial charge in [-0.1, -0.05) is 82.0 Å². The monoisotopic (exact) mass is 472 g/mol. The van der Waals surface area contributed by atoms with E-state index in [1.54, 1.807) is 20.8 Å². The number of carbonyl (C=O) groups is 2. The van der Waals surface area contributed by atoms with Crippen molar-refractivity contribution in [2.45, 2.75) is 91.2 Å². The van der Waals surface area contributed by atoms with Crippen LogP contribution in [0.3, 0.4) is 0 Å². The number of benzene rings is 2. The number of aliphatic carboxylic acids is 1. The lowest BCUT2D eigenvalue weighted by atomic mass is 9.99. The van der Waals surface area contributed by atoms with Gasteiger partial charge in [0.05, 0.1) is 0 Å². The highest BCUT2D eigenvalue weighted by Gasteiger charge is 2.24. The Bertz CT molecular complexity index is 848. The number of unbranched alkanes of at least 4 members (excludes halogenated alkanes) is 4. The number of amides is 1. The van der Waals surface area contributed by atoms with Crippen LogP contribution in [0, 0.1) is 0 Å². The van der Waals surface area contributed by atoms with Gasteiger partial charge >= 0.3 is 12.1 Å². The van der Waals surface area contributed by atoms with Gasteiger partial charge in [0.1, 0.15) is 11.6 Å². The molecule has 0 aliphatic carbocycles. The van der Waals surface area contributed by atoms with Crippen molar-refractivity contribution in [2.75, 3.05) is 13.1 Å². The molecule has 190 valence electrons. The Morgan fingerprint density at radius 2 is 1.50 bits per heavy atom. The largest absolute Gasteiger partial charge is 0.480 e. The third kappa shape index (κ3) is 12.6. The van der Waals surface area contributed by atoms with Gasteiger partial charge in [0, 0.05) is 6.42 Å². The molecular weight excluding hydrogens is 428 g/mol. The molecule has 2 aromatic carbocycles. The molecule has 0 heterocycles. The zero-order valence-corrected chi connectivity index (χ0v) is 21.7. The average molecular weight is 473 g/mol. The summed E-state index contributed by atoms with van der Waals surface area (Å²) in [6.07, 6.45) is 7.57. The van der Waals surface area contributed by atoms with Gasteiger partial charge in [0.15, 0.2) is 0 Å². The molecule has 0 fully saturated rings. The van der Waals surface area contributed by atoms with E-state index in [0.29, 0.717) is 0 Å². The van der Waals surface area contributed by atoms with Gasteiger partial charge in [-0.2, -0.15) is 0 Å². The maximum atomic E-state index is 11.8. The first-order valence-corrected chi connectivity index (χ1v) is 12.6. The van der Waals surface area contributed by atoms with Crippen molar-refractivity contribution in [3.05, 3.63) is 48.0 Å². The third-order valence-corrected chi connectivity index (χ3v) is 5.21. The zero-order chi connectivity index (χ0) is 25.4. The van der Waals surface area contributed by atoms with Crippen LogP contribution in [0.1, 0.15) is 78.7 Å². The van der Waals surface area contributed by atoms with E-state index >= 15 is 0 Å².